The molecular weight excluding hydrogens is 230 g/mol. The lowest BCUT2D eigenvalue weighted by molar-refractivity contribution is 0.0667. The number of halogens is 1. The van der Waals surface area contributed by atoms with E-state index in [1.807, 2.05) is 0 Å². The molecule has 0 aromatic carbocycles. The summed E-state index contributed by atoms with van der Waals surface area (Å²) in [4.78, 5) is 2.26. The summed E-state index contributed by atoms with van der Waals surface area (Å²) in [5.41, 5.74) is 0.498. The van der Waals surface area contributed by atoms with Crippen LogP contribution in [0.2, 0.25) is 0 Å². The second kappa shape index (κ2) is 4.76. The van der Waals surface area contributed by atoms with Crippen LogP contribution in [-0.4, -0.2) is 41.6 Å². The van der Waals surface area contributed by atoms with E-state index in [2.05, 4.69) is 34.8 Å². The standard InChI is InChI=1S/C10H20BrNO/c1-9(6-13)12(2)8-10(7-11)4-3-5-10/h9,13H,3-8H2,1-2H3. The summed E-state index contributed by atoms with van der Waals surface area (Å²) in [6, 6.07) is 0.288. The van der Waals surface area contributed by atoms with Gasteiger partial charge in [0.25, 0.3) is 0 Å². The van der Waals surface area contributed by atoms with Crippen LogP contribution in [0.4, 0.5) is 0 Å². The molecule has 1 aliphatic rings. The molecule has 1 saturated carbocycles. The highest BCUT2D eigenvalue weighted by Gasteiger charge is 2.37. The van der Waals surface area contributed by atoms with Gasteiger partial charge in [-0.3, -0.25) is 0 Å². The highest BCUT2D eigenvalue weighted by molar-refractivity contribution is 9.09. The fraction of sp³-hybridized carbons (Fsp3) is 1.00. The zero-order valence-electron chi connectivity index (χ0n) is 8.59. The summed E-state index contributed by atoms with van der Waals surface area (Å²) >= 11 is 3.59. The third kappa shape index (κ3) is 2.67. The van der Waals surface area contributed by atoms with Gasteiger partial charge >= 0.3 is 0 Å². The van der Waals surface area contributed by atoms with E-state index in [9.17, 15) is 0 Å². The molecular formula is C10H20BrNO. The van der Waals surface area contributed by atoms with E-state index in [1.54, 1.807) is 0 Å². The Morgan fingerprint density at radius 1 is 1.54 bits per heavy atom. The SMILES string of the molecule is CC(CO)N(C)CC1(CBr)CCC1. The summed E-state index contributed by atoms with van der Waals surface area (Å²) < 4.78 is 0. The summed E-state index contributed by atoms with van der Waals surface area (Å²) in [6.45, 7) is 3.44. The first-order valence-electron chi connectivity index (χ1n) is 5.00. The Bertz CT molecular complexity index is 153. The van der Waals surface area contributed by atoms with E-state index in [1.165, 1.54) is 19.3 Å². The zero-order valence-corrected chi connectivity index (χ0v) is 10.2. The largest absolute Gasteiger partial charge is 0.395 e. The quantitative estimate of drug-likeness (QED) is 0.753. The van der Waals surface area contributed by atoms with Gasteiger partial charge in [0.2, 0.25) is 0 Å². The van der Waals surface area contributed by atoms with Crippen molar-refractivity contribution in [2.45, 2.75) is 32.2 Å². The average Bonchev–Trinajstić information content (AvgIpc) is 2.09. The molecule has 0 bridgehead atoms. The third-order valence-electron chi connectivity index (χ3n) is 3.30. The molecule has 0 spiro atoms. The van der Waals surface area contributed by atoms with Crippen molar-refractivity contribution in [2.75, 3.05) is 25.5 Å². The van der Waals surface area contributed by atoms with Gasteiger partial charge in [0.05, 0.1) is 6.61 Å². The van der Waals surface area contributed by atoms with Crippen LogP contribution >= 0.6 is 15.9 Å². The van der Waals surface area contributed by atoms with Crippen LogP contribution in [0.1, 0.15) is 26.2 Å². The molecule has 1 atom stereocenters. The molecule has 1 aliphatic carbocycles. The van der Waals surface area contributed by atoms with Gasteiger partial charge < -0.3 is 10.0 Å². The van der Waals surface area contributed by atoms with Crippen molar-refractivity contribution >= 4 is 15.9 Å². The van der Waals surface area contributed by atoms with Crippen molar-refractivity contribution in [3.05, 3.63) is 0 Å². The second-order valence-electron chi connectivity index (χ2n) is 4.43. The first-order valence-corrected chi connectivity index (χ1v) is 6.13. The molecule has 0 heterocycles. The first kappa shape index (κ1) is 11.5. The van der Waals surface area contributed by atoms with Gasteiger partial charge in [-0.05, 0) is 32.2 Å². The molecule has 0 aromatic heterocycles. The summed E-state index contributed by atoms with van der Waals surface area (Å²) in [6.07, 6.45) is 4.04. The molecule has 0 aliphatic heterocycles. The maximum atomic E-state index is 9.01. The number of aliphatic hydroxyl groups is 1. The molecule has 1 N–H and O–H groups in total. The Balaban J connectivity index is 2.37. The van der Waals surface area contributed by atoms with Gasteiger partial charge in [0.1, 0.15) is 0 Å². The number of alkyl halides is 1. The monoisotopic (exact) mass is 249 g/mol. The zero-order chi connectivity index (χ0) is 9.90. The Morgan fingerprint density at radius 3 is 2.46 bits per heavy atom. The van der Waals surface area contributed by atoms with Crippen molar-refractivity contribution in [1.82, 2.24) is 4.90 Å². The van der Waals surface area contributed by atoms with Crippen LogP contribution in [-0.2, 0) is 0 Å². The predicted octanol–water partition coefficient (Wildman–Crippen LogP) is 1.86. The number of aliphatic hydroxyl groups excluding tert-OH is 1. The molecule has 0 amide bonds. The van der Waals surface area contributed by atoms with Crippen molar-refractivity contribution < 1.29 is 5.11 Å². The van der Waals surface area contributed by atoms with E-state index in [0.717, 1.165) is 11.9 Å². The van der Waals surface area contributed by atoms with Gasteiger partial charge in [0, 0.05) is 17.9 Å². The fourth-order valence-electron chi connectivity index (χ4n) is 1.84. The van der Waals surface area contributed by atoms with Crippen molar-refractivity contribution in [1.29, 1.82) is 0 Å². The van der Waals surface area contributed by atoms with Crippen LogP contribution in [0, 0.1) is 5.41 Å². The van der Waals surface area contributed by atoms with E-state index < -0.39 is 0 Å². The lowest BCUT2D eigenvalue weighted by Crippen LogP contribution is -2.45. The first-order chi connectivity index (χ1) is 6.13. The molecule has 1 fully saturated rings. The Kier molecular flexibility index (Phi) is 4.20. The molecule has 2 nitrogen and oxygen atoms in total. The molecule has 0 saturated heterocycles. The number of hydrogen-bond acceptors (Lipinski definition) is 2. The van der Waals surface area contributed by atoms with Crippen molar-refractivity contribution in [2.24, 2.45) is 5.41 Å². The Morgan fingerprint density at radius 2 is 2.15 bits per heavy atom. The predicted molar refractivity (Wildman–Crippen MR) is 59.3 cm³/mol. The minimum absolute atomic E-state index is 0.259. The summed E-state index contributed by atoms with van der Waals surface area (Å²) in [7, 11) is 2.10. The molecule has 0 radical (unpaired) electrons. The molecule has 1 unspecified atom stereocenters. The van der Waals surface area contributed by atoms with Gasteiger partial charge in [-0.25, -0.2) is 0 Å². The maximum Gasteiger partial charge on any atom is 0.0584 e. The molecule has 3 heteroatoms. The Hall–Kier alpha value is 0.400. The van der Waals surface area contributed by atoms with E-state index >= 15 is 0 Å². The number of likely N-dealkylation sites (N-methyl/N-ethyl adjacent to an activating group) is 1. The normalized spacial score (nSPS) is 22.8. The van der Waals surface area contributed by atoms with E-state index in [0.29, 0.717) is 5.41 Å². The molecule has 0 aromatic rings. The van der Waals surface area contributed by atoms with Crippen LogP contribution in [0.15, 0.2) is 0 Å². The second-order valence-corrected chi connectivity index (χ2v) is 4.99. The van der Waals surface area contributed by atoms with Crippen molar-refractivity contribution in [3.8, 4) is 0 Å². The van der Waals surface area contributed by atoms with E-state index in [-0.39, 0.29) is 12.6 Å². The topological polar surface area (TPSA) is 23.5 Å². The minimum Gasteiger partial charge on any atom is -0.395 e. The summed E-state index contributed by atoms with van der Waals surface area (Å²) in [5.74, 6) is 0. The lowest BCUT2D eigenvalue weighted by atomic mass is 9.70. The summed E-state index contributed by atoms with van der Waals surface area (Å²) in [5, 5.41) is 10.1. The number of rotatable bonds is 5. The van der Waals surface area contributed by atoms with Crippen LogP contribution in [0.25, 0.3) is 0 Å². The maximum absolute atomic E-state index is 9.01. The Labute approximate surface area is 89.4 Å². The smallest absolute Gasteiger partial charge is 0.0584 e. The number of nitrogens with zero attached hydrogens (tertiary/aromatic N) is 1. The van der Waals surface area contributed by atoms with Gasteiger partial charge in [-0.2, -0.15) is 0 Å². The molecule has 78 valence electrons. The van der Waals surface area contributed by atoms with Crippen molar-refractivity contribution in [3.63, 3.8) is 0 Å². The number of hydrogen-bond donors (Lipinski definition) is 1. The van der Waals surface area contributed by atoms with Crippen LogP contribution in [0.5, 0.6) is 0 Å². The van der Waals surface area contributed by atoms with Crippen LogP contribution < -0.4 is 0 Å². The van der Waals surface area contributed by atoms with Gasteiger partial charge in [-0.15, -0.1) is 0 Å². The average molecular weight is 250 g/mol. The molecule has 13 heavy (non-hydrogen) atoms. The minimum atomic E-state index is 0.259. The fourth-order valence-corrected chi connectivity index (χ4v) is 2.57. The highest BCUT2D eigenvalue weighted by Crippen LogP contribution is 2.42. The molecule has 1 rings (SSSR count). The van der Waals surface area contributed by atoms with Crippen LogP contribution in [0.3, 0.4) is 0 Å². The van der Waals surface area contributed by atoms with Gasteiger partial charge in [0.15, 0.2) is 0 Å². The van der Waals surface area contributed by atoms with E-state index in [4.69, 9.17) is 5.11 Å². The lowest BCUT2D eigenvalue weighted by Gasteiger charge is -2.44. The highest BCUT2D eigenvalue weighted by atomic mass is 79.9. The van der Waals surface area contributed by atoms with Gasteiger partial charge in [-0.1, -0.05) is 22.4 Å². The third-order valence-corrected chi connectivity index (χ3v) is 4.49.